The van der Waals surface area contributed by atoms with Crippen molar-refractivity contribution in [3.63, 3.8) is 0 Å². The molecule has 1 aromatic carbocycles. The number of halogens is 1. The molecule has 0 aliphatic heterocycles. The third-order valence-corrected chi connectivity index (χ3v) is 2.02. The van der Waals surface area contributed by atoms with Crippen LogP contribution in [0.5, 0.6) is 0 Å². The lowest BCUT2D eigenvalue weighted by Gasteiger charge is -1.97. The molecule has 0 atom stereocenters. The van der Waals surface area contributed by atoms with Gasteiger partial charge in [-0.3, -0.25) is 15.5 Å². The van der Waals surface area contributed by atoms with Gasteiger partial charge in [-0.15, -0.1) is 0 Å². The minimum atomic E-state index is -0.634. The molecule has 0 saturated carbocycles. The minimum Gasteiger partial charge on any atom is -0.400 e. The normalized spacial score (nSPS) is 10.7. The Bertz CT molecular complexity index is 577. The summed E-state index contributed by atoms with van der Waals surface area (Å²) in [6.45, 7) is 0. The van der Waals surface area contributed by atoms with E-state index in [1.54, 1.807) is 0 Å². The number of benzene rings is 1. The Morgan fingerprint density at radius 1 is 1.28 bits per heavy atom. The first-order chi connectivity index (χ1) is 8.65. The Balaban J connectivity index is 1.98. The van der Waals surface area contributed by atoms with Gasteiger partial charge >= 0.3 is 5.88 Å². The van der Waals surface area contributed by atoms with Gasteiger partial charge < -0.3 is 4.42 Å². The third kappa shape index (κ3) is 2.91. The van der Waals surface area contributed by atoms with E-state index in [0.717, 1.165) is 0 Å². The van der Waals surface area contributed by atoms with Gasteiger partial charge in [0.1, 0.15) is 10.7 Å². The molecule has 18 heavy (non-hydrogen) atoms. The molecule has 7 heteroatoms. The fraction of sp³-hybridized carbons (Fsp3) is 0. The van der Waals surface area contributed by atoms with Crippen molar-refractivity contribution in [1.82, 2.24) is 0 Å². The van der Waals surface area contributed by atoms with Crippen molar-refractivity contribution in [2.24, 2.45) is 5.10 Å². The highest BCUT2D eigenvalue weighted by Crippen LogP contribution is 2.14. The fourth-order valence-electron chi connectivity index (χ4n) is 1.20. The van der Waals surface area contributed by atoms with Gasteiger partial charge in [-0.2, -0.15) is 5.10 Å². The van der Waals surface area contributed by atoms with Gasteiger partial charge in [-0.05, 0) is 30.3 Å². The van der Waals surface area contributed by atoms with Crippen LogP contribution >= 0.6 is 0 Å². The van der Waals surface area contributed by atoms with Crippen LogP contribution in [-0.4, -0.2) is 11.1 Å². The first-order valence-corrected chi connectivity index (χ1v) is 4.94. The maximum Gasteiger partial charge on any atom is 0.433 e. The number of rotatable bonds is 4. The SMILES string of the molecule is O=[N+]([O-])c1ccc(C=NNc2ccc(F)cc2)o1. The van der Waals surface area contributed by atoms with Gasteiger partial charge in [-0.25, -0.2) is 4.39 Å². The van der Waals surface area contributed by atoms with Crippen LogP contribution in [0.1, 0.15) is 5.76 Å². The molecule has 0 radical (unpaired) electrons. The number of hydrazone groups is 1. The summed E-state index contributed by atoms with van der Waals surface area (Å²) in [5.41, 5.74) is 3.22. The summed E-state index contributed by atoms with van der Waals surface area (Å²) in [6, 6.07) is 8.26. The molecular formula is C11H8FN3O3. The van der Waals surface area contributed by atoms with Crippen molar-refractivity contribution in [2.75, 3.05) is 5.43 Å². The number of anilines is 1. The van der Waals surface area contributed by atoms with Crippen LogP contribution in [-0.2, 0) is 0 Å². The van der Waals surface area contributed by atoms with Crippen LogP contribution in [0.25, 0.3) is 0 Å². The Kier molecular flexibility index (Phi) is 3.33. The van der Waals surface area contributed by atoms with Gasteiger partial charge in [0.15, 0.2) is 5.76 Å². The van der Waals surface area contributed by atoms with E-state index in [1.807, 2.05) is 0 Å². The van der Waals surface area contributed by atoms with Crippen LogP contribution in [0, 0.1) is 15.9 Å². The molecule has 0 unspecified atom stereocenters. The standard InChI is InChI=1S/C11H8FN3O3/c12-8-1-3-9(4-2-8)14-13-7-10-5-6-11(18-10)15(16)17/h1-7,14H. The molecule has 0 aliphatic rings. The Hall–Kier alpha value is -2.70. The zero-order valence-electron chi connectivity index (χ0n) is 9.04. The van der Waals surface area contributed by atoms with Crippen molar-refractivity contribution in [3.8, 4) is 0 Å². The molecule has 1 heterocycles. The Morgan fingerprint density at radius 2 is 2.00 bits per heavy atom. The molecule has 0 fully saturated rings. The predicted octanol–water partition coefficient (Wildman–Crippen LogP) is 2.77. The van der Waals surface area contributed by atoms with Crippen molar-refractivity contribution < 1.29 is 13.7 Å². The van der Waals surface area contributed by atoms with Crippen LogP contribution in [0.15, 0.2) is 45.9 Å². The van der Waals surface area contributed by atoms with Crippen molar-refractivity contribution in [3.05, 3.63) is 58.1 Å². The molecule has 6 nitrogen and oxygen atoms in total. The van der Waals surface area contributed by atoms with E-state index in [9.17, 15) is 14.5 Å². The number of nitrogens with one attached hydrogen (secondary N) is 1. The van der Waals surface area contributed by atoms with Crippen LogP contribution < -0.4 is 5.43 Å². The number of nitrogens with zero attached hydrogens (tertiary/aromatic N) is 2. The summed E-state index contributed by atoms with van der Waals surface area (Å²) < 4.78 is 17.5. The summed E-state index contributed by atoms with van der Waals surface area (Å²) in [7, 11) is 0. The lowest BCUT2D eigenvalue weighted by atomic mass is 10.3. The van der Waals surface area contributed by atoms with E-state index < -0.39 is 4.92 Å². The second-order valence-corrected chi connectivity index (χ2v) is 3.31. The fourth-order valence-corrected chi connectivity index (χ4v) is 1.20. The smallest absolute Gasteiger partial charge is 0.400 e. The molecule has 0 saturated heterocycles. The second-order valence-electron chi connectivity index (χ2n) is 3.31. The molecular weight excluding hydrogens is 241 g/mol. The molecule has 92 valence electrons. The predicted molar refractivity (Wildman–Crippen MR) is 63.0 cm³/mol. The molecule has 0 aliphatic carbocycles. The van der Waals surface area contributed by atoms with E-state index in [2.05, 4.69) is 10.5 Å². The molecule has 2 aromatic rings. The van der Waals surface area contributed by atoms with Gasteiger partial charge in [0.05, 0.1) is 18.0 Å². The van der Waals surface area contributed by atoms with E-state index in [0.29, 0.717) is 5.69 Å². The quantitative estimate of drug-likeness (QED) is 0.513. The highest BCUT2D eigenvalue weighted by molar-refractivity contribution is 5.77. The first kappa shape index (κ1) is 11.8. The van der Waals surface area contributed by atoms with Crippen LogP contribution in [0.2, 0.25) is 0 Å². The molecule has 2 rings (SSSR count). The highest BCUT2D eigenvalue weighted by Gasteiger charge is 2.09. The van der Waals surface area contributed by atoms with E-state index in [-0.39, 0.29) is 17.5 Å². The maximum atomic E-state index is 12.6. The molecule has 0 bridgehead atoms. The van der Waals surface area contributed by atoms with Gasteiger partial charge in [0, 0.05) is 0 Å². The highest BCUT2D eigenvalue weighted by atomic mass is 19.1. The minimum absolute atomic E-state index is 0.247. The first-order valence-electron chi connectivity index (χ1n) is 4.94. The average Bonchev–Trinajstić information content (AvgIpc) is 2.81. The molecule has 1 N–H and O–H groups in total. The monoisotopic (exact) mass is 249 g/mol. The van der Waals surface area contributed by atoms with E-state index in [1.165, 1.54) is 42.6 Å². The summed E-state index contributed by atoms with van der Waals surface area (Å²) in [5.74, 6) is -0.444. The summed E-state index contributed by atoms with van der Waals surface area (Å²) >= 11 is 0. The maximum absolute atomic E-state index is 12.6. The summed E-state index contributed by atoms with van der Waals surface area (Å²) in [5, 5.41) is 14.2. The zero-order valence-corrected chi connectivity index (χ0v) is 9.04. The summed E-state index contributed by atoms with van der Waals surface area (Å²) in [4.78, 5) is 9.72. The van der Waals surface area contributed by atoms with Gasteiger partial charge in [0.2, 0.25) is 0 Å². The lowest BCUT2D eigenvalue weighted by molar-refractivity contribution is -0.402. The number of hydrogen-bond acceptors (Lipinski definition) is 5. The lowest BCUT2D eigenvalue weighted by Crippen LogP contribution is -1.89. The topological polar surface area (TPSA) is 80.7 Å². The molecule has 0 amide bonds. The molecule has 1 aromatic heterocycles. The van der Waals surface area contributed by atoms with E-state index in [4.69, 9.17) is 4.42 Å². The van der Waals surface area contributed by atoms with E-state index >= 15 is 0 Å². The average molecular weight is 249 g/mol. The second kappa shape index (κ2) is 5.09. The summed E-state index contributed by atoms with van der Waals surface area (Å²) in [6.07, 6.45) is 1.29. The van der Waals surface area contributed by atoms with Crippen LogP contribution in [0.4, 0.5) is 16.0 Å². The third-order valence-electron chi connectivity index (χ3n) is 2.02. The van der Waals surface area contributed by atoms with Crippen LogP contribution in [0.3, 0.4) is 0 Å². The largest absolute Gasteiger partial charge is 0.433 e. The molecule has 0 spiro atoms. The zero-order chi connectivity index (χ0) is 13.0. The number of hydrogen-bond donors (Lipinski definition) is 1. The van der Waals surface area contributed by atoms with Gasteiger partial charge in [-0.1, -0.05) is 0 Å². The van der Waals surface area contributed by atoms with Crippen molar-refractivity contribution >= 4 is 17.8 Å². The Morgan fingerprint density at radius 3 is 2.61 bits per heavy atom. The van der Waals surface area contributed by atoms with Crippen molar-refractivity contribution in [2.45, 2.75) is 0 Å². The van der Waals surface area contributed by atoms with Crippen molar-refractivity contribution in [1.29, 1.82) is 0 Å². The Labute approximate surface area is 101 Å². The number of nitro groups is 1. The van der Waals surface area contributed by atoms with Gasteiger partial charge in [0.25, 0.3) is 0 Å². The number of furan rings is 1.